The summed E-state index contributed by atoms with van der Waals surface area (Å²) in [6.45, 7) is 0.602. The highest BCUT2D eigenvalue weighted by Crippen LogP contribution is 2.22. The van der Waals surface area contributed by atoms with Gasteiger partial charge in [0.25, 0.3) is 0 Å². The second-order valence-corrected chi connectivity index (χ2v) is 4.09. The van der Waals surface area contributed by atoms with Gasteiger partial charge in [0.2, 0.25) is 0 Å². The fourth-order valence-corrected chi connectivity index (χ4v) is 1.66. The van der Waals surface area contributed by atoms with E-state index in [1.807, 2.05) is 54.6 Å². The number of rotatable bonds is 4. The first-order chi connectivity index (χ1) is 9.90. The normalized spacial score (nSPS) is 9.40. The molecule has 1 N–H and O–H groups in total. The summed E-state index contributed by atoms with van der Waals surface area (Å²) in [6.07, 6.45) is 3.07. The summed E-state index contributed by atoms with van der Waals surface area (Å²) >= 11 is 0. The molecule has 1 heterocycles. The number of aromatic nitrogens is 1. The molecule has 4 nitrogen and oxygen atoms in total. The molecule has 0 fully saturated rings. The third-order valence-corrected chi connectivity index (χ3v) is 2.67. The molecule has 0 bridgehead atoms. The van der Waals surface area contributed by atoms with Crippen molar-refractivity contribution in [2.75, 3.05) is 5.32 Å². The smallest absolute Gasteiger partial charge is 0.149 e. The number of nitrogens with one attached hydrogen (secondary N) is 1. The summed E-state index contributed by atoms with van der Waals surface area (Å²) in [5, 5.41) is 6.14. The van der Waals surface area contributed by atoms with Gasteiger partial charge >= 0.3 is 0 Å². The average Bonchev–Trinajstić information content (AvgIpc) is 2.51. The predicted molar refractivity (Wildman–Crippen MR) is 81.1 cm³/mol. The Kier molecular flexibility index (Phi) is 5.22. The van der Waals surface area contributed by atoms with Gasteiger partial charge in [-0.25, -0.2) is 0 Å². The molecule has 0 aliphatic rings. The minimum Gasteiger partial charge on any atom is -0.379 e. The molecule has 0 saturated heterocycles. The molecule has 2 rings (SSSR count). The molecule has 2 aromatic rings. The fourth-order valence-electron chi connectivity index (χ4n) is 1.66. The van der Waals surface area contributed by atoms with E-state index in [1.165, 1.54) is 6.20 Å². The van der Waals surface area contributed by atoms with Crippen molar-refractivity contribution < 1.29 is 0 Å². The fraction of sp³-hybridized carbons (Fsp3) is 0.0625. The van der Waals surface area contributed by atoms with Crippen LogP contribution in [0.25, 0.3) is 0 Å². The average molecular weight is 265 g/mol. The van der Waals surface area contributed by atoms with Crippen molar-refractivity contribution in [3.63, 3.8) is 0 Å². The third-order valence-electron chi connectivity index (χ3n) is 2.67. The van der Waals surface area contributed by atoms with Crippen LogP contribution in [0.3, 0.4) is 0 Å². The Morgan fingerprint density at radius 3 is 2.25 bits per heavy atom. The van der Waals surface area contributed by atoms with Crippen LogP contribution in [0.2, 0.25) is 0 Å². The van der Waals surface area contributed by atoms with Crippen molar-refractivity contribution in [1.82, 2.24) is 4.98 Å². The molecule has 0 aliphatic heterocycles. The molecule has 0 aliphatic carbocycles. The topological polar surface area (TPSA) is 54.4 Å². The van der Waals surface area contributed by atoms with Crippen molar-refractivity contribution in [2.24, 2.45) is 5.18 Å². The second kappa shape index (κ2) is 7.63. The first-order valence-corrected chi connectivity index (χ1v) is 6.28. The molecule has 0 spiro atoms. The van der Waals surface area contributed by atoms with E-state index in [2.05, 4.69) is 15.5 Å². The summed E-state index contributed by atoms with van der Waals surface area (Å²) in [5.74, 6) is 0. The van der Waals surface area contributed by atoms with Gasteiger partial charge in [0.15, 0.2) is 0 Å². The minimum atomic E-state index is 0.315. The summed E-state index contributed by atoms with van der Waals surface area (Å²) < 4.78 is 0. The van der Waals surface area contributed by atoms with Crippen LogP contribution in [0.15, 0.2) is 78.2 Å². The van der Waals surface area contributed by atoms with E-state index >= 15 is 0 Å². The number of hydrogen-bond acceptors (Lipinski definition) is 4. The van der Waals surface area contributed by atoms with Crippen LogP contribution < -0.4 is 5.32 Å². The first-order valence-electron chi connectivity index (χ1n) is 6.28. The third kappa shape index (κ3) is 4.17. The Bertz CT molecular complexity index is 602. The molecule has 0 unspecified atom stereocenters. The van der Waals surface area contributed by atoms with Gasteiger partial charge in [0, 0.05) is 12.7 Å². The largest absolute Gasteiger partial charge is 0.379 e. The van der Waals surface area contributed by atoms with Gasteiger partial charge in [0.1, 0.15) is 5.69 Å². The summed E-state index contributed by atoms with van der Waals surface area (Å²) in [6, 6.07) is 19.6. The van der Waals surface area contributed by atoms with Crippen molar-refractivity contribution in [1.29, 1.82) is 0 Å². The molecule has 20 heavy (non-hydrogen) atoms. The molecule has 4 heteroatoms. The zero-order valence-corrected chi connectivity index (χ0v) is 10.9. The zero-order chi connectivity index (χ0) is 14.0. The molecular weight excluding hydrogens is 250 g/mol. The van der Waals surface area contributed by atoms with Gasteiger partial charge in [-0.05, 0) is 16.8 Å². The second-order valence-electron chi connectivity index (χ2n) is 4.09. The van der Waals surface area contributed by atoms with E-state index in [9.17, 15) is 4.91 Å². The Hall–Kier alpha value is -2.75. The van der Waals surface area contributed by atoms with Gasteiger partial charge in [-0.2, -0.15) is 0 Å². The van der Waals surface area contributed by atoms with Crippen LogP contribution in [0.5, 0.6) is 0 Å². The van der Waals surface area contributed by atoms with Gasteiger partial charge in [-0.1, -0.05) is 54.6 Å². The standard InChI is InChI=1S/C16H15N3O/c20-19-16-13-17-11-10-15(16)18-12-14-8-6-4-2-1-3-5-7-9-14/h1-11,13H,12H2,(H,17,18). The van der Waals surface area contributed by atoms with Crippen LogP contribution in [0.1, 0.15) is 5.56 Å². The summed E-state index contributed by atoms with van der Waals surface area (Å²) in [7, 11) is 0. The lowest BCUT2D eigenvalue weighted by atomic mass is 10.2. The Labute approximate surface area is 117 Å². The van der Waals surface area contributed by atoms with Crippen LogP contribution in [0, 0.1) is 4.91 Å². The van der Waals surface area contributed by atoms with Gasteiger partial charge in [-0.15, -0.1) is 4.91 Å². The first kappa shape index (κ1) is 13.7. The molecule has 0 saturated carbocycles. The van der Waals surface area contributed by atoms with E-state index in [4.69, 9.17) is 0 Å². The highest BCUT2D eigenvalue weighted by atomic mass is 16.3. The van der Waals surface area contributed by atoms with Gasteiger partial charge < -0.3 is 5.32 Å². The van der Waals surface area contributed by atoms with Crippen LogP contribution >= 0.6 is 0 Å². The highest BCUT2D eigenvalue weighted by molar-refractivity contribution is 5.63. The number of hydrogen-bond donors (Lipinski definition) is 1. The van der Waals surface area contributed by atoms with Crippen molar-refractivity contribution in [3.05, 3.63) is 83.5 Å². The molecule has 100 valence electrons. The van der Waals surface area contributed by atoms with Crippen LogP contribution in [-0.4, -0.2) is 4.98 Å². The quantitative estimate of drug-likeness (QED) is 0.842. The zero-order valence-electron chi connectivity index (χ0n) is 10.9. The van der Waals surface area contributed by atoms with Gasteiger partial charge in [-0.3, -0.25) is 4.98 Å². The lowest BCUT2D eigenvalue weighted by molar-refractivity contribution is 1.14. The minimum absolute atomic E-state index is 0.315. The highest BCUT2D eigenvalue weighted by Gasteiger charge is 2.00. The monoisotopic (exact) mass is 265 g/mol. The number of pyridine rings is 1. The number of anilines is 1. The molecule has 1 aromatic heterocycles. The maximum Gasteiger partial charge on any atom is 0.149 e. The van der Waals surface area contributed by atoms with Crippen LogP contribution in [-0.2, 0) is 6.54 Å². The lowest BCUT2D eigenvalue weighted by Gasteiger charge is -2.06. The van der Waals surface area contributed by atoms with Crippen LogP contribution in [0.4, 0.5) is 11.4 Å². The SMILES string of the molecule is O=Nc1cnccc1NCc1ccccccccc1. The summed E-state index contributed by atoms with van der Waals surface area (Å²) in [5.41, 5.74) is 2.09. The Morgan fingerprint density at radius 1 is 0.950 bits per heavy atom. The maximum absolute atomic E-state index is 10.7. The van der Waals surface area contributed by atoms with E-state index < -0.39 is 0 Å². The van der Waals surface area contributed by atoms with E-state index in [0.29, 0.717) is 17.9 Å². The molecule has 0 radical (unpaired) electrons. The van der Waals surface area contributed by atoms with Crippen molar-refractivity contribution in [2.45, 2.75) is 6.54 Å². The van der Waals surface area contributed by atoms with Gasteiger partial charge in [0.05, 0.1) is 11.9 Å². The lowest BCUT2D eigenvalue weighted by Crippen LogP contribution is -1.98. The van der Waals surface area contributed by atoms with Crippen molar-refractivity contribution >= 4 is 11.4 Å². The maximum atomic E-state index is 10.7. The number of nitroso groups, excluding NO2 is 1. The van der Waals surface area contributed by atoms with E-state index in [0.717, 1.165) is 5.56 Å². The van der Waals surface area contributed by atoms with Crippen molar-refractivity contribution in [3.8, 4) is 0 Å². The molecule has 1 aromatic carbocycles. The molecule has 0 atom stereocenters. The van der Waals surface area contributed by atoms with E-state index in [1.54, 1.807) is 12.3 Å². The van der Waals surface area contributed by atoms with E-state index in [-0.39, 0.29) is 0 Å². The Balaban J connectivity index is 2.16. The predicted octanol–water partition coefficient (Wildman–Crippen LogP) is 4.22. The summed E-state index contributed by atoms with van der Waals surface area (Å²) in [4.78, 5) is 14.5. The molecular formula is C16H15N3O. The Morgan fingerprint density at radius 2 is 1.60 bits per heavy atom. The number of nitrogens with zero attached hydrogens (tertiary/aromatic N) is 2. The molecule has 0 amide bonds.